The number of β-amino-alcohol motifs (C(OH)–C–C–N with tert-alkyl or cyclic N) is 1. The van der Waals surface area contributed by atoms with Crippen LogP contribution in [0.25, 0.3) is 0 Å². The molecular weight excluding hydrogens is 174 g/mol. The zero-order valence-electron chi connectivity index (χ0n) is 9.71. The molecule has 1 aliphatic heterocycles. The Morgan fingerprint density at radius 3 is 2.71 bits per heavy atom. The van der Waals surface area contributed by atoms with Crippen molar-refractivity contribution in [2.24, 2.45) is 0 Å². The largest absolute Gasteiger partial charge is 0.392 e. The van der Waals surface area contributed by atoms with Gasteiger partial charge in [0.25, 0.3) is 0 Å². The van der Waals surface area contributed by atoms with Crippen LogP contribution in [0.1, 0.15) is 52.4 Å². The SMILES string of the molecule is CCC(O)CN1CCCCCC1CC. The minimum atomic E-state index is -0.123. The highest BCUT2D eigenvalue weighted by atomic mass is 16.3. The highest BCUT2D eigenvalue weighted by Crippen LogP contribution is 2.19. The third-order valence-corrected chi connectivity index (χ3v) is 3.39. The molecule has 2 nitrogen and oxygen atoms in total. The van der Waals surface area contributed by atoms with Crippen LogP contribution in [0, 0.1) is 0 Å². The third kappa shape index (κ3) is 3.58. The Balaban J connectivity index is 2.43. The maximum Gasteiger partial charge on any atom is 0.0664 e. The van der Waals surface area contributed by atoms with Gasteiger partial charge < -0.3 is 5.11 Å². The van der Waals surface area contributed by atoms with Gasteiger partial charge in [0.2, 0.25) is 0 Å². The molecule has 2 unspecified atom stereocenters. The van der Waals surface area contributed by atoms with Gasteiger partial charge in [0.1, 0.15) is 0 Å². The van der Waals surface area contributed by atoms with Crippen LogP contribution in [0.2, 0.25) is 0 Å². The summed E-state index contributed by atoms with van der Waals surface area (Å²) in [6, 6.07) is 0.721. The molecule has 0 aromatic rings. The van der Waals surface area contributed by atoms with Gasteiger partial charge in [-0.1, -0.05) is 26.7 Å². The van der Waals surface area contributed by atoms with Crippen molar-refractivity contribution in [3.8, 4) is 0 Å². The molecule has 0 aliphatic carbocycles. The first kappa shape index (κ1) is 12.0. The van der Waals surface area contributed by atoms with Gasteiger partial charge in [-0.25, -0.2) is 0 Å². The molecule has 1 N–H and O–H groups in total. The third-order valence-electron chi connectivity index (χ3n) is 3.39. The van der Waals surface area contributed by atoms with Crippen molar-refractivity contribution in [3.05, 3.63) is 0 Å². The van der Waals surface area contributed by atoms with E-state index in [1.165, 1.54) is 38.6 Å². The summed E-state index contributed by atoms with van der Waals surface area (Å²) in [5, 5.41) is 9.67. The summed E-state index contributed by atoms with van der Waals surface area (Å²) in [6.45, 7) is 6.40. The minimum absolute atomic E-state index is 0.123. The van der Waals surface area contributed by atoms with E-state index in [9.17, 15) is 5.11 Å². The fourth-order valence-electron chi connectivity index (χ4n) is 2.34. The van der Waals surface area contributed by atoms with Crippen molar-refractivity contribution < 1.29 is 5.11 Å². The maximum atomic E-state index is 9.67. The van der Waals surface area contributed by atoms with Gasteiger partial charge in [-0.3, -0.25) is 4.90 Å². The molecule has 1 heterocycles. The van der Waals surface area contributed by atoms with E-state index in [0.717, 1.165) is 19.0 Å². The van der Waals surface area contributed by atoms with Gasteiger partial charge in [-0.2, -0.15) is 0 Å². The lowest BCUT2D eigenvalue weighted by Crippen LogP contribution is -2.39. The zero-order chi connectivity index (χ0) is 10.4. The quantitative estimate of drug-likeness (QED) is 0.751. The van der Waals surface area contributed by atoms with Gasteiger partial charge in [0.15, 0.2) is 0 Å². The Hall–Kier alpha value is -0.0800. The summed E-state index contributed by atoms with van der Waals surface area (Å²) in [5.74, 6) is 0. The number of rotatable bonds is 4. The number of likely N-dealkylation sites (tertiary alicyclic amines) is 1. The van der Waals surface area contributed by atoms with E-state index < -0.39 is 0 Å². The lowest BCUT2D eigenvalue weighted by atomic mass is 10.1. The van der Waals surface area contributed by atoms with E-state index in [2.05, 4.69) is 18.7 Å². The van der Waals surface area contributed by atoms with Crippen LogP contribution in [-0.4, -0.2) is 35.2 Å². The molecule has 1 fully saturated rings. The van der Waals surface area contributed by atoms with E-state index in [0.29, 0.717) is 0 Å². The maximum absolute atomic E-state index is 9.67. The summed E-state index contributed by atoms with van der Waals surface area (Å²) in [4.78, 5) is 2.50. The highest BCUT2D eigenvalue weighted by Gasteiger charge is 2.20. The summed E-state index contributed by atoms with van der Waals surface area (Å²) in [7, 11) is 0. The topological polar surface area (TPSA) is 23.5 Å². The molecule has 2 atom stereocenters. The van der Waals surface area contributed by atoms with Crippen LogP contribution in [-0.2, 0) is 0 Å². The summed E-state index contributed by atoms with van der Waals surface area (Å²) in [5.41, 5.74) is 0. The van der Waals surface area contributed by atoms with Gasteiger partial charge in [-0.15, -0.1) is 0 Å². The fourth-order valence-corrected chi connectivity index (χ4v) is 2.34. The van der Waals surface area contributed by atoms with Crippen LogP contribution in [0.5, 0.6) is 0 Å². The monoisotopic (exact) mass is 199 g/mol. The Morgan fingerprint density at radius 2 is 2.07 bits per heavy atom. The van der Waals surface area contributed by atoms with Crippen molar-refractivity contribution in [2.75, 3.05) is 13.1 Å². The molecule has 1 saturated heterocycles. The Bertz CT molecular complexity index is 149. The average Bonchev–Trinajstić information content (AvgIpc) is 2.42. The highest BCUT2D eigenvalue weighted by molar-refractivity contribution is 4.76. The fraction of sp³-hybridized carbons (Fsp3) is 1.00. The van der Waals surface area contributed by atoms with E-state index in [1.807, 2.05) is 0 Å². The van der Waals surface area contributed by atoms with Gasteiger partial charge in [0.05, 0.1) is 6.10 Å². The molecule has 0 amide bonds. The van der Waals surface area contributed by atoms with Gasteiger partial charge in [-0.05, 0) is 32.2 Å². The summed E-state index contributed by atoms with van der Waals surface area (Å²) < 4.78 is 0. The lowest BCUT2D eigenvalue weighted by Gasteiger charge is -2.30. The normalized spacial score (nSPS) is 27.2. The first-order chi connectivity index (χ1) is 6.77. The van der Waals surface area contributed by atoms with Crippen molar-refractivity contribution in [2.45, 2.75) is 64.5 Å². The van der Waals surface area contributed by atoms with Crippen molar-refractivity contribution in [3.63, 3.8) is 0 Å². The minimum Gasteiger partial charge on any atom is -0.392 e. The van der Waals surface area contributed by atoms with Crippen molar-refractivity contribution in [1.82, 2.24) is 4.90 Å². The Morgan fingerprint density at radius 1 is 1.29 bits per heavy atom. The van der Waals surface area contributed by atoms with E-state index in [-0.39, 0.29) is 6.10 Å². The van der Waals surface area contributed by atoms with Crippen LogP contribution < -0.4 is 0 Å². The predicted molar refractivity (Wildman–Crippen MR) is 60.4 cm³/mol. The standard InChI is InChI=1S/C12H25NO/c1-3-11-8-6-5-7-9-13(11)10-12(14)4-2/h11-12,14H,3-10H2,1-2H3. The van der Waals surface area contributed by atoms with Crippen LogP contribution in [0.15, 0.2) is 0 Å². The van der Waals surface area contributed by atoms with Gasteiger partial charge in [0, 0.05) is 12.6 Å². The zero-order valence-corrected chi connectivity index (χ0v) is 9.71. The Labute approximate surface area is 88.3 Å². The molecule has 2 heteroatoms. The van der Waals surface area contributed by atoms with Crippen molar-refractivity contribution in [1.29, 1.82) is 0 Å². The number of aliphatic hydroxyl groups excluding tert-OH is 1. The molecular formula is C12H25NO. The van der Waals surface area contributed by atoms with Gasteiger partial charge >= 0.3 is 0 Å². The average molecular weight is 199 g/mol. The van der Waals surface area contributed by atoms with Crippen LogP contribution in [0.3, 0.4) is 0 Å². The molecule has 0 bridgehead atoms. The molecule has 0 aromatic carbocycles. The molecule has 1 rings (SSSR count). The predicted octanol–water partition coefficient (Wildman–Crippen LogP) is 2.41. The summed E-state index contributed by atoms with van der Waals surface area (Å²) in [6.07, 6.45) is 7.37. The second-order valence-electron chi connectivity index (χ2n) is 4.47. The van der Waals surface area contributed by atoms with E-state index >= 15 is 0 Å². The number of hydrogen-bond donors (Lipinski definition) is 1. The smallest absolute Gasteiger partial charge is 0.0664 e. The second kappa shape index (κ2) is 6.41. The lowest BCUT2D eigenvalue weighted by molar-refractivity contribution is 0.0841. The second-order valence-corrected chi connectivity index (χ2v) is 4.47. The number of hydrogen-bond acceptors (Lipinski definition) is 2. The first-order valence-electron chi connectivity index (χ1n) is 6.20. The molecule has 1 aliphatic rings. The Kier molecular flexibility index (Phi) is 5.49. The molecule has 0 saturated carbocycles. The molecule has 0 spiro atoms. The van der Waals surface area contributed by atoms with Crippen LogP contribution in [0.4, 0.5) is 0 Å². The first-order valence-corrected chi connectivity index (χ1v) is 6.20. The molecule has 0 aromatic heterocycles. The summed E-state index contributed by atoms with van der Waals surface area (Å²) >= 11 is 0. The number of aliphatic hydroxyl groups is 1. The molecule has 84 valence electrons. The number of nitrogens with zero attached hydrogens (tertiary/aromatic N) is 1. The van der Waals surface area contributed by atoms with E-state index in [1.54, 1.807) is 0 Å². The van der Waals surface area contributed by atoms with E-state index in [4.69, 9.17) is 0 Å². The molecule has 14 heavy (non-hydrogen) atoms. The van der Waals surface area contributed by atoms with Crippen molar-refractivity contribution >= 4 is 0 Å². The van der Waals surface area contributed by atoms with Crippen LogP contribution >= 0.6 is 0 Å². The molecule has 0 radical (unpaired) electrons.